The van der Waals surface area contributed by atoms with E-state index >= 15 is 0 Å². The van der Waals surface area contributed by atoms with Crippen molar-refractivity contribution in [3.05, 3.63) is 86.4 Å². The molecule has 6 heteroatoms. The normalized spacial score (nSPS) is 12.0. The van der Waals surface area contributed by atoms with Gasteiger partial charge in [-0.05, 0) is 43.2 Å². The number of hydrogen-bond donors (Lipinski definition) is 0. The number of benzene rings is 2. The maximum atomic E-state index is 12.7. The van der Waals surface area contributed by atoms with Crippen molar-refractivity contribution >= 4 is 28.1 Å². The van der Waals surface area contributed by atoms with Crippen LogP contribution in [0.15, 0.2) is 59.4 Å². The van der Waals surface area contributed by atoms with Crippen molar-refractivity contribution in [2.45, 2.75) is 20.3 Å². The zero-order chi connectivity index (χ0) is 19.5. The van der Waals surface area contributed by atoms with Gasteiger partial charge in [-0.2, -0.15) is 4.52 Å². The highest BCUT2D eigenvalue weighted by Crippen LogP contribution is 2.15. The number of fused-ring (bicyclic) bond motifs is 1. The summed E-state index contributed by atoms with van der Waals surface area (Å²) in [5, 5.41) is 4.41. The average molecular weight is 391 g/mol. The van der Waals surface area contributed by atoms with Crippen molar-refractivity contribution in [3.8, 4) is 0 Å². The summed E-state index contributed by atoms with van der Waals surface area (Å²) in [5.41, 5.74) is 3.22. The van der Waals surface area contributed by atoms with Crippen LogP contribution in [0.25, 0.3) is 11.0 Å². The molecule has 28 heavy (non-hydrogen) atoms. The van der Waals surface area contributed by atoms with Gasteiger partial charge >= 0.3 is 0 Å². The SMILES string of the molecule is CCN(CC)c1ccc(/C=c2\sc3nc(Cc4ccccc4)nn3c2=O)cc1. The third-order valence-electron chi connectivity index (χ3n) is 4.75. The van der Waals surface area contributed by atoms with E-state index in [0.717, 1.165) is 24.2 Å². The summed E-state index contributed by atoms with van der Waals surface area (Å²) in [6.07, 6.45) is 2.53. The Morgan fingerprint density at radius 2 is 1.75 bits per heavy atom. The summed E-state index contributed by atoms with van der Waals surface area (Å²) in [5.74, 6) is 0.671. The van der Waals surface area contributed by atoms with E-state index in [1.807, 2.05) is 48.5 Å². The van der Waals surface area contributed by atoms with E-state index < -0.39 is 0 Å². The molecule has 0 aliphatic rings. The lowest BCUT2D eigenvalue weighted by molar-refractivity contribution is 0.866. The Hall–Kier alpha value is -2.99. The number of thiazole rings is 1. The Labute approximate surface area is 167 Å². The molecule has 2 aromatic carbocycles. The molecule has 0 N–H and O–H groups in total. The molecule has 0 amide bonds. The third kappa shape index (κ3) is 3.68. The fourth-order valence-corrected chi connectivity index (χ4v) is 4.18. The lowest BCUT2D eigenvalue weighted by Crippen LogP contribution is -2.24. The molecule has 0 fully saturated rings. The maximum Gasteiger partial charge on any atom is 0.291 e. The Bertz CT molecular complexity index is 1180. The lowest BCUT2D eigenvalue weighted by atomic mass is 10.1. The first-order valence-corrected chi connectivity index (χ1v) is 10.3. The van der Waals surface area contributed by atoms with Gasteiger partial charge in [-0.3, -0.25) is 4.79 Å². The van der Waals surface area contributed by atoms with E-state index in [1.54, 1.807) is 0 Å². The van der Waals surface area contributed by atoms with Crippen LogP contribution in [0.2, 0.25) is 0 Å². The average Bonchev–Trinajstić information content (AvgIpc) is 3.23. The van der Waals surface area contributed by atoms with Crippen LogP contribution >= 0.6 is 11.3 Å². The molecule has 0 unspecified atom stereocenters. The van der Waals surface area contributed by atoms with Gasteiger partial charge < -0.3 is 4.90 Å². The first kappa shape index (κ1) is 18.4. The predicted octanol–water partition coefficient (Wildman–Crippen LogP) is 3.14. The van der Waals surface area contributed by atoms with E-state index in [4.69, 9.17) is 0 Å². The topological polar surface area (TPSA) is 50.5 Å². The summed E-state index contributed by atoms with van der Waals surface area (Å²) >= 11 is 1.38. The van der Waals surface area contributed by atoms with Gasteiger partial charge in [0.25, 0.3) is 5.56 Å². The van der Waals surface area contributed by atoms with E-state index in [0.29, 0.717) is 21.7 Å². The van der Waals surface area contributed by atoms with Crippen LogP contribution in [0, 0.1) is 0 Å². The molecule has 5 nitrogen and oxygen atoms in total. The lowest BCUT2D eigenvalue weighted by Gasteiger charge is -2.20. The van der Waals surface area contributed by atoms with Crippen LogP contribution < -0.4 is 15.0 Å². The molecular weight excluding hydrogens is 368 g/mol. The third-order valence-corrected chi connectivity index (χ3v) is 5.71. The molecule has 0 saturated heterocycles. The molecule has 0 saturated carbocycles. The quantitative estimate of drug-likeness (QED) is 0.508. The summed E-state index contributed by atoms with van der Waals surface area (Å²) < 4.78 is 2.07. The van der Waals surface area contributed by atoms with Crippen molar-refractivity contribution in [1.82, 2.24) is 14.6 Å². The largest absolute Gasteiger partial charge is 0.372 e. The Morgan fingerprint density at radius 1 is 1.04 bits per heavy atom. The van der Waals surface area contributed by atoms with Crippen LogP contribution in [0.1, 0.15) is 30.8 Å². The minimum absolute atomic E-state index is 0.111. The molecule has 0 aliphatic heterocycles. The first-order valence-electron chi connectivity index (χ1n) is 9.47. The molecule has 0 aliphatic carbocycles. The highest BCUT2D eigenvalue weighted by Gasteiger charge is 2.11. The minimum Gasteiger partial charge on any atom is -0.372 e. The van der Waals surface area contributed by atoms with Crippen LogP contribution in [-0.4, -0.2) is 27.7 Å². The van der Waals surface area contributed by atoms with Crippen molar-refractivity contribution < 1.29 is 0 Å². The molecule has 4 aromatic rings. The van der Waals surface area contributed by atoms with Gasteiger partial charge in [-0.1, -0.05) is 53.8 Å². The Balaban J connectivity index is 1.61. The number of rotatable bonds is 6. The van der Waals surface area contributed by atoms with Crippen LogP contribution in [0.3, 0.4) is 0 Å². The minimum atomic E-state index is -0.111. The highest BCUT2D eigenvalue weighted by molar-refractivity contribution is 7.15. The molecule has 0 radical (unpaired) electrons. The Kier molecular flexibility index (Phi) is 5.21. The van der Waals surface area contributed by atoms with E-state index in [1.165, 1.54) is 21.5 Å². The number of aromatic nitrogens is 3. The molecular formula is C22H22N4OS. The van der Waals surface area contributed by atoms with Crippen LogP contribution in [-0.2, 0) is 6.42 Å². The van der Waals surface area contributed by atoms with Gasteiger partial charge in [0.2, 0.25) is 4.96 Å². The van der Waals surface area contributed by atoms with Crippen molar-refractivity contribution in [2.75, 3.05) is 18.0 Å². The van der Waals surface area contributed by atoms with Gasteiger partial charge in [0.05, 0.1) is 4.53 Å². The summed E-state index contributed by atoms with van der Waals surface area (Å²) in [4.78, 5) is 20.2. The van der Waals surface area contributed by atoms with E-state index in [2.05, 4.69) is 41.0 Å². The number of nitrogens with zero attached hydrogens (tertiary/aromatic N) is 4. The molecule has 2 aromatic heterocycles. The fraction of sp³-hybridized carbons (Fsp3) is 0.227. The van der Waals surface area contributed by atoms with Gasteiger partial charge in [0, 0.05) is 25.2 Å². The van der Waals surface area contributed by atoms with E-state index in [9.17, 15) is 4.79 Å². The molecule has 0 atom stereocenters. The molecule has 0 bridgehead atoms. The summed E-state index contributed by atoms with van der Waals surface area (Å²) in [7, 11) is 0. The standard InChI is InChI=1S/C22H22N4OS/c1-3-25(4-2)18-12-10-17(11-13-18)14-19-21(27)26-22(28-19)23-20(24-26)15-16-8-6-5-7-9-16/h5-14H,3-4,15H2,1-2H3/b19-14-. The van der Waals surface area contributed by atoms with Crippen LogP contribution in [0.5, 0.6) is 0 Å². The molecule has 4 rings (SSSR count). The second kappa shape index (κ2) is 7.94. The van der Waals surface area contributed by atoms with Crippen molar-refractivity contribution in [3.63, 3.8) is 0 Å². The maximum absolute atomic E-state index is 12.7. The highest BCUT2D eigenvalue weighted by atomic mass is 32.1. The van der Waals surface area contributed by atoms with Crippen molar-refractivity contribution in [2.24, 2.45) is 0 Å². The van der Waals surface area contributed by atoms with Gasteiger partial charge in [0.15, 0.2) is 5.82 Å². The zero-order valence-electron chi connectivity index (χ0n) is 16.0. The number of anilines is 1. The first-order chi connectivity index (χ1) is 13.7. The molecule has 2 heterocycles. The predicted molar refractivity (Wildman–Crippen MR) is 115 cm³/mol. The monoisotopic (exact) mass is 390 g/mol. The Morgan fingerprint density at radius 3 is 2.39 bits per heavy atom. The molecule has 0 spiro atoms. The van der Waals surface area contributed by atoms with Crippen molar-refractivity contribution in [1.29, 1.82) is 0 Å². The second-order valence-electron chi connectivity index (χ2n) is 6.56. The summed E-state index contributed by atoms with van der Waals surface area (Å²) in [6.45, 7) is 6.24. The zero-order valence-corrected chi connectivity index (χ0v) is 16.8. The van der Waals surface area contributed by atoms with Gasteiger partial charge in [-0.15, -0.1) is 5.10 Å². The van der Waals surface area contributed by atoms with Crippen LogP contribution in [0.4, 0.5) is 5.69 Å². The smallest absolute Gasteiger partial charge is 0.291 e. The van der Waals surface area contributed by atoms with Gasteiger partial charge in [0.1, 0.15) is 0 Å². The summed E-state index contributed by atoms with van der Waals surface area (Å²) in [6, 6.07) is 18.3. The number of hydrogen-bond acceptors (Lipinski definition) is 5. The molecule has 142 valence electrons. The fourth-order valence-electron chi connectivity index (χ4n) is 3.25. The van der Waals surface area contributed by atoms with Gasteiger partial charge in [-0.25, -0.2) is 4.98 Å². The van der Waals surface area contributed by atoms with E-state index in [-0.39, 0.29) is 5.56 Å². The second-order valence-corrected chi connectivity index (χ2v) is 7.57.